The molecule has 0 saturated heterocycles. The number of aliphatic imine (C=N–C) groups is 2. The largest absolute Gasteiger partial charge is 0.337 e. The van der Waals surface area contributed by atoms with Crippen LogP contribution in [0.1, 0.15) is 5.56 Å². The van der Waals surface area contributed by atoms with Gasteiger partial charge in [0.1, 0.15) is 0 Å². The van der Waals surface area contributed by atoms with E-state index in [1.54, 1.807) is 14.1 Å². The molecule has 4 heteroatoms. The zero-order chi connectivity index (χ0) is 19.1. The Morgan fingerprint density at radius 3 is 1.85 bits per heavy atom. The molecule has 2 N–H and O–H groups in total. The van der Waals surface area contributed by atoms with Gasteiger partial charge in [0.05, 0.1) is 0 Å². The van der Waals surface area contributed by atoms with Crippen LogP contribution in [0.5, 0.6) is 0 Å². The molecule has 0 spiro atoms. The summed E-state index contributed by atoms with van der Waals surface area (Å²) in [5.74, 6) is 1.38. The van der Waals surface area contributed by atoms with E-state index in [2.05, 4.69) is 70.0 Å². The minimum atomic E-state index is 0.690. The van der Waals surface area contributed by atoms with E-state index in [1.165, 1.54) is 11.1 Å². The van der Waals surface area contributed by atoms with Crippen molar-refractivity contribution in [1.82, 2.24) is 0 Å². The molecule has 136 valence electrons. The lowest BCUT2D eigenvalue weighted by Gasteiger charge is -2.16. The number of nitrogens with one attached hydrogen (secondary N) is 2. The van der Waals surface area contributed by atoms with Gasteiger partial charge in [-0.05, 0) is 47.9 Å². The van der Waals surface area contributed by atoms with Crippen LogP contribution in [0.25, 0.3) is 11.1 Å². The van der Waals surface area contributed by atoms with Gasteiger partial charge in [-0.15, -0.1) is 0 Å². The zero-order valence-corrected chi connectivity index (χ0v) is 15.9. The summed E-state index contributed by atoms with van der Waals surface area (Å²) in [6, 6.07) is 26.7. The summed E-state index contributed by atoms with van der Waals surface area (Å²) in [7, 11) is 3.51. The van der Waals surface area contributed by atoms with Crippen molar-refractivity contribution in [1.29, 1.82) is 0 Å². The first-order chi connectivity index (χ1) is 13.2. The van der Waals surface area contributed by atoms with Crippen LogP contribution < -0.4 is 10.6 Å². The summed E-state index contributed by atoms with van der Waals surface area (Å²) < 4.78 is 0. The van der Waals surface area contributed by atoms with Crippen molar-refractivity contribution in [2.24, 2.45) is 9.98 Å². The number of para-hydroxylation sites is 1. The maximum absolute atomic E-state index is 4.38. The quantitative estimate of drug-likeness (QED) is 0.498. The van der Waals surface area contributed by atoms with Crippen LogP contribution in [0.4, 0.5) is 11.4 Å². The molecule has 0 aliphatic heterocycles. The number of nitrogens with zero attached hydrogens (tertiary/aromatic N) is 2. The molecule has 4 nitrogen and oxygen atoms in total. The van der Waals surface area contributed by atoms with Crippen molar-refractivity contribution in [3.63, 3.8) is 0 Å². The van der Waals surface area contributed by atoms with E-state index >= 15 is 0 Å². The Bertz CT molecular complexity index is 945. The van der Waals surface area contributed by atoms with Crippen molar-refractivity contribution in [3.05, 3.63) is 84.4 Å². The van der Waals surface area contributed by atoms with Crippen LogP contribution in [-0.2, 0) is 0 Å². The van der Waals surface area contributed by atoms with Gasteiger partial charge >= 0.3 is 0 Å². The number of hydrogen-bond donors (Lipinski definition) is 2. The molecule has 0 unspecified atom stereocenters. The van der Waals surface area contributed by atoms with E-state index in [9.17, 15) is 0 Å². The minimum Gasteiger partial charge on any atom is -0.337 e. The molecule has 0 atom stereocenters. The van der Waals surface area contributed by atoms with Crippen LogP contribution in [0.2, 0.25) is 0 Å². The lowest BCUT2D eigenvalue weighted by molar-refractivity contribution is 1.38. The van der Waals surface area contributed by atoms with Gasteiger partial charge in [-0.25, -0.2) is 0 Å². The van der Waals surface area contributed by atoms with Gasteiger partial charge in [-0.2, -0.15) is 0 Å². The van der Waals surface area contributed by atoms with Gasteiger partial charge < -0.3 is 10.6 Å². The second-order valence-electron chi connectivity index (χ2n) is 6.16. The Labute approximate surface area is 160 Å². The van der Waals surface area contributed by atoms with E-state index < -0.39 is 0 Å². The molecule has 0 aliphatic rings. The molecule has 0 aromatic heterocycles. The van der Waals surface area contributed by atoms with E-state index in [4.69, 9.17) is 0 Å². The molecule has 0 radical (unpaired) electrons. The summed E-state index contributed by atoms with van der Waals surface area (Å²) in [5, 5.41) is 6.72. The third kappa shape index (κ3) is 4.61. The Kier molecular flexibility index (Phi) is 6.00. The lowest BCUT2D eigenvalue weighted by Crippen LogP contribution is -2.30. The zero-order valence-electron chi connectivity index (χ0n) is 15.9. The standard InChI is InChI=1S/C23H24N4/c1-17-16-19(18-10-6-4-7-11-18)14-15-21(17)27-23(25-3)22(24-2)26-20-12-8-5-9-13-20/h4-16H,1-3H3,(H,24,26)(H,25,27). The normalized spacial score (nSPS) is 12.0. The number of aryl methyl sites for hydroxylation is 1. The van der Waals surface area contributed by atoms with Crippen LogP contribution in [0, 0.1) is 6.92 Å². The number of amidine groups is 2. The maximum atomic E-state index is 4.38. The fourth-order valence-corrected chi connectivity index (χ4v) is 2.84. The highest BCUT2D eigenvalue weighted by molar-refractivity contribution is 6.48. The predicted octanol–water partition coefficient (Wildman–Crippen LogP) is 5.24. The molecule has 3 aromatic carbocycles. The number of hydrogen-bond acceptors (Lipinski definition) is 2. The smallest absolute Gasteiger partial charge is 0.168 e. The molecular formula is C23H24N4. The Morgan fingerprint density at radius 1 is 0.667 bits per heavy atom. The van der Waals surface area contributed by atoms with Crippen LogP contribution >= 0.6 is 0 Å². The molecule has 0 fully saturated rings. The van der Waals surface area contributed by atoms with Crippen LogP contribution in [-0.4, -0.2) is 25.8 Å². The molecule has 3 aromatic rings. The number of rotatable bonds is 3. The van der Waals surface area contributed by atoms with Crippen molar-refractivity contribution in [3.8, 4) is 11.1 Å². The fourth-order valence-electron chi connectivity index (χ4n) is 2.84. The van der Waals surface area contributed by atoms with Gasteiger partial charge in [-0.3, -0.25) is 9.98 Å². The minimum absolute atomic E-state index is 0.690. The average Bonchev–Trinajstić information content (AvgIpc) is 2.73. The number of anilines is 2. The average molecular weight is 356 g/mol. The Hall–Kier alpha value is -3.40. The number of benzene rings is 3. The molecule has 0 bridgehead atoms. The lowest BCUT2D eigenvalue weighted by atomic mass is 10.0. The maximum Gasteiger partial charge on any atom is 0.168 e. The van der Waals surface area contributed by atoms with Crippen molar-refractivity contribution in [2.75, 3.05) is 24.7 Å². The monoisotopic (exact) mass is 356 g/mol. The predicted molar refractivity (Wildman–Crippen MR) is 117 cm³/mol. The summed E-state index contributed by atoms with van der Waals surface area (Å²) in [6.07, 6.45) is 0. The summed E-state index contributed by atoms with van der Waals surface area (Å²) in [4.78, 5) is 8.74. The van der Waals surface area contributed by atoms with Crippen molar-refractivity contribution >= 4 is 23.0 Å². The summed E-state index contributed by atoms with van der Waals surface area (Å²) in [6.45, 7) is 2.09. The van der Waals surface area contributed by atoms with E-state index in [0.29, 0.717) is 11.7 Å². The van der Waals surface area contributed by atoms with Gasteiger partial charge in [0.25, 0.3) is 0 Å². The third-order valence-electron chi connectivity index (χ3n) is 4.29. The fraction of sp³-hybridized carbons (Fsp3) is 0.130. The van der Waals surface area contributed by atoms with Gasteiger partial charge in [-0.1, -0.05) is 54.6 Å². The SMILES string of the molecule is CN=C(Nc1ccccc1)C(=NC)Nc1ccc(-c2ccccc2)cc1C. The van der Waals surface area contributed by atoms with E-state index in [1.807, 2.05) is 36.4 Å². The van der Waals surface area contributed by atoms with Gasteiger partial charge in [0, 0.05) is 25.5 Å². The van der Waals surface area contributed by atoms with Gasteiger partial charge in [0.2, 0.25) is 0 Å². The van der Waals surface area contributed by atoms with Crippen molar-refractivity contribution in [2.45, 2.75) is 6.92 Å². The Balaban J connectivity index is 1.80. The van der Waals surface area contributed by atoms with Crippen LogP contribution in [0.3, 0.4) is 0 Å². The molecule has 0 saturated carbocycles. The first-order valence-electron chi connectivity index (χ1n) is 8.90. The van der Waals surface area contributed by atoms with Crippen molar-refractivity contribution < 1.29 is 0 Å². The first-order valence-corrected chi connectivity index (χ1v) is 8.90. The highest BCUT2D eigenvalue weighted by Crippen LogP contribution is 2.24. The van der Waals surface area contributed by atoms with Crippen LogP contribution in [0.15, 0.2) is 88.8 Å². The molecular weight excluding hydrogens is 332 g/mol. The molecule has 0 amide bonds. The Morgan fingerprint density at radius 2 is 1.26 bits per heavy atom. The van der Waals surface area contributed by atoms with E-state index in [-0.39, 0.29) is 0 Å². The highest BCUT2D eigenvalue weighted by Gasteiger charge is 2.11. The van der Waals surface area contributed by atoms with E-state index in [0.717, 1.165) is 16.9 Å². The topological polar surface area (TPSA) is 48.8 Å². The molecule has 27 heavy (non-hydrogen) atoms. The molecule has 0 heterocycles. The third-order valence-corrected chi connectivity index (χ3v) is 4.29. The van der Waals surface area contributed by atoms with Gasteiger partial charge in [0.15, 0.2) is 11.7 Å². The second-order valence-corrected chi connectivity index (χ2v) is 6.16. The second kappa shape index (κ2) is 8.81. The molecule has 0 aliphatic carbocycles. The summed E-state index contributed by atoms with van der Waals surface area (Å²) in [5.41, 5.74) is 5.52. The first kappa shape index (κ1) is 18.4. The molecule has 3 rings (SSSR count). The summed E-state index contributed by atoms with van der Waals surface area (Å²) >= 11 is 0. The highest BCUT2D eigenvalue weighted by atomic mass is 15.1.